The Balaban J connectivity index is 2.02. The molecule has 0 unspecified atom stereocenters. The van der Waals surface area contributed by atoms with Gasteiger partial charge >= 0.3 is 6.18 Å². The van der Waals surface area contributed by atoms with Crippen molar-refractivity contribution < 1.29 is 13.2 Å². The third-order valence-corrected chi connectivity index (χ3v) is 3.99. The Kier molecular flexibility index (Phi) is 4.39. The summed E-state index contributed by atoms with van der Waals surface area (Å²) in [6.07, 6.45) is -2.25. The lowest BCUT2D eigenvalue weighted by Gasteiger charge is -2.17. The first-order valence-electron chi connectivity index (χ1n) is 7.95. The summed E-state index contributed by atoms with van der Waals surface area (Å²) in [5, 5.41) is 19.6. The largest absolute Gasteiger partial charge is 0.421 e. The molecule has 0 aliphatic carbocycles. The second kappa shape index (κ2) is 6.42. The Hall–Kier alpha value is -3.35. The highest BCUT2D eigenvalue weighted by atomic mass is 19.4. The minimum absolute atomic E-state index is 0.00661. The average molecular weight is 375 g/mol. The third kappa shape index (κ3) is 3.36. The van der Waals surface area contributed by atoms with Crippen LogP contribution in [0.2, 0.25) is 0 Å². The lowest BCUT2D eigenvalue weighted by Crippen LogP contribution is -2.24. The number of alkyl halides is 3. The smallest absolute Gasteiger partial charge is 0.372 e. The molecule has 0 saturated heterocycles. The van der Waals surface area contributed by atoms with Gasteiger partial charge in [-0.2, -0.15) is 28.5 Å². The molecule has 0 aliphatic rings. The van der Waals surface area contributed by atoms with Crippen LogP contribution in [0.4, 0.5) is 30.6 Å². The van der Waals surface area contributed by atoms with Crippen molar-refractivity contribution in [1.82, 2.24) is 19.7 Å². The molecule has 2 aromatic heterocycles. The van der Waals surface area contributed by atoms with E-state index in [4.69, 9.17) is 0 Å². The quantitative estimate of drug-likeness (QED) is 0.719. The van der Waals surface area contributed by atoms with Gasteiger partial charge in [0.2, 0.25) is 5.95 Å². The van der Waals surface area contributed by atoms with Crippen LogP contribution in [0, 0.1) is 11.3 Å². The Morgan fingerprint density at radius 3 is 2.56 bits per heavy atom. The van der Waals surface area contributed by atoms with Crippen molar-refractivity contribution in [2.24, 2.45) is 0 Å². The van der Waals surface area contributed by atoms with Crippen LogP contribution in [0.3, 0.4) is 0 Å². The fraction of sp³-hybridized carbons (Fsp3) is 0.294. The number of nitrogens with one attached hydrogen (secondary N) is 2. The Morgan fingerprint density at radius 1 is 1.19 bits per heavy atom. The van der Waals surface area contributed by atoms with Gasteiger partial charge in [-0.25, -0.2) is 9.67 Å². The lowest BCUT2D eigenvalue weighted by atomic mass is 10.1. The van der Waals surface area contributed by atoms with Crippen molar-refractivity contribution in [1.29, 1.82) is 5.26 Å². The second-order valence-electron chi connectivity index (χ2n) is 6.29. The summed E-state index contributed by atoms with van der Waals surface area (Å²) in [6.45, 7) is 3.47. The normalized spacial score (nSPS) is 12.0. The van der Waals surface area contributed by atoms with E-state index < -0.39 is 17.3 Å². The molecular formula is C17H16F3N7. The molecule has 2 heterocycles. The second-order valence-corrected chi connectivity index (χ2v) is 6.29. The summed E-state index contributed by atoms with van der Waals surface area (Å²) in [5.41, 5.74) is -0.538. The zero-order valence-corrected chi connectivity index (χ0v) is 14.8. The lowest BCUT2D eigenvalue weighted by molar-refractivity contribution is -0.137. The number of rotatable bonds is 4. The first-order chi connectivity index (χ1) is 12.7. The third-order valence-electron chi connectivity index (χ3n) is 3.99. The van der Waals surface area contributed by atoms with Crippen LogP contribution in [-0.4, -0.2) is 26.8 Å². The molecule has 3 aromatic rings. The Labute approximate surface area is 152 Å². The van der Waals surface area contributed by atoms with Crippen LogP contribution in [0.1, 0.15) is 19.4 Å². The highest BCUT2D eigenvalue weighted by Crippen LogP contribution is 2.34. The number of halogens is 3. The summed E-state index contributed by atoms with van der Waals surface area (Å²) >= 11 is 0. The van der Waals surface area contributed by atoms with E-state index >= 15 is 0 Å². The SMILES string of the molecule is CNc1nc(Nc2cccc3c2cnn3C(C)(C)C#N)ncc1C(F)(F)F. The Morgan fingerprint density at radius 2 is 1.93 bits per heavy atom. The molecule has 27 heavy (non-hydrogen) atoms. The fourth-order valence-electron chi connectivity index (χ4n) is 2.61. The standard InChI is InChI=1S/C17H16F3N7/c1-16(2,9-21)27-13-6-4-5-12(10(13)7-24-27)25-15-23-8-11(17(18,19)20)14(22-3)26-15/h4-8H,1-3H3,(H2,22,23,25,26). The van der Waals surface area contributed by atoms with Crippen LogP contribution in [0.5, 0.6) is 0 Å². The van der Waals surface area contributed by atoms with Gasteiger partial charge in [-0.05, 0) is 26.0 Å². The zero-order chi connectivity index (χ0) is 19.8. The number of hydrogen-bond acceptors (Lipinski definition) is 6. The number of nitriles is 1. The Bertz CT molecular complexity index is 1030. The van der Waals surface area contributed by atoms with Crippen LogP contribution >= 0.6 is 0 Å². The first-order valence-corrected chi connectivity index (χ1v) is 7.95. The van der Waals surface area contributed by atoms with Crippen molar-refractivity contribution in [3.05, 3.63) is 36.2 Å². The molecule has 1 aromatic carbocycles. The molecule has 7 nitrogen and oxygen atoms in total. The predicted molar refractivity (Wildman–Crippen MR) is 94.5 cm³/mol. The van der Waals surface area contributed by atoms with Gasteiger partial charge in [-0.15, -0.1) is 0 Å². The highest BCUT2D eigenvalue weighted by molar-refractivity contribution is 5.93. The summed E-state index contributed by atoms with van der Waals surface area (Å²) < 4.78 is 40.5. The monoisotopic (exact) mass is 375 g/mol. The molecule has 0 aliphatic heterocycles. The molecule has 0 atom stereocenters. The van der Waals surface area contributed by atoms with E-state index in [1.54, 1.807) is 42.9 Å². The molecule has 0 bridgehead atoms. The van der Waals surface area contributed by atoms with Crippen LogP contribution < -0.4 is 10.6 Å². The van der Waals surface area contributed by atoms with Crippen molar-refractivity contribution in [2.45, 2.75) is 25.6 Å². The van der Waals surface area contributed by atoms with Gasteiger partial charge < -0.3 is 10.6 Å². The van der Waals surface area contributed by atoms with Crippen LogP contribution in [-0.2, 0) is 11.7 Å². The molecular weight excluding hydrogens is 359 g/mol. The van der Waals surface area contributed by atoms with E-state index in [1.807, 2.05) is 0 Å². The summed E-state index contributed by atoms with van der Waals surface area (Å²) in [4.78, 5) is 7.66. The van der Waals surface area contributed by atoms with Crippen molar-refractivity contribution in [2.75, 3.05) is 17.7 Å². The number of anilines is 3. The number of nitrogens with zero attached hydrogens (tertiary/aromatic N) is 5. The molecule has 140 valence electrons. The van der Waals surface area contributed by atoms with Crippen molar-refractivity contribution in [3.8, 4) is 6.07 Å². The van der Waals surface area contributed by atoms with Gasteiger partial charge in [0.1, 0.15) is 16.9 Å². The maximum absolute atomic E-state index is 13.0. The predicted octanol–water partition coefficient (Wildman–Crippen LogP) is 3.89. The van der Waals surface area contributed by atoms with Gasteiger partial charge in [-0.1, -0.05) is 6.07 Å². The molecule has 0 spiro atoms. The molecule has 0 saturated carbocycles. The van der Waals surface area contributed by atoms with Crippen molar-refractivity contribution in [3.63, 3.8) is 0 Å². The molecule has 10 heteroatoms. The molecule has 0 radical (unpaired) electrons. The van der Waals surface area contributed by atoms with Crippen LogP contribution in [0.15, 0.2) is 30.6 Å². The number of fused-ring (bicyclic) bond motifs is 1. The summed E-state index contributed by atoms with van der Waals surface area (Å²) in [6, 6.07) is 7.47. The molecule has 3 rings (SSSR count). The number of hydrogen-bond donors (Lipinski definition) is 2. The first kappa shape index (κ1) is 18.4. The minimum atomic E-state index is -4.55. The summed E-state index contributed by atoms with van der Waals surface area (Å²) in [7, 11) is 1.36. The van der Waals surface area contributed by atoms with E-state index in [-0.39, 0.29) is 11.8 Å². The van der Waals surface area contributed by atoms with E-state index in [0.717, 1.165) is 6.20 Å². The maximum Gasteiger partial charge on any atom is 0.421 e. The fourth-order valence-corrected chi connectivity index (χ4v) is 2.61. The highest BCUT2D eigenvalue weighted by Gasteiger charge is 2.35. The van der Waals surface area contributed by atoms with E-state index in [9.17, 15) is 18.4 Å². The van der Waals surface area contributed by atoms with E-state index in [1.165, 1.54) is 7.05 Å². The van der Waals surface area contributed by atoms with E-state index in [2.05, 4.69) is 31.8 Å². The summed E-state index contributed by atoms with van der Waals surface area (Å²) in [5.74, 6) is -0.319. The van der Waals surface area contributed by atoms with Gasteiger partial charge in [-0.3, -0.25) is 0 Å². The van der Waals surface area contributed by atoms with Gasteiger partial charge in [0.25, 0.3) is 0 Å². The topological polar surface area (TPSA) is 91.5 Å². The van der Waals surface area contributed by atoms with Crippen LogP contribution in [0.25, 0.3) is 10.9 Å². The van der Waals surface area contributed by atoms with E-state index in [0.29, 0.717) is 16.6 Å². The maximum atomic E-state index is 13.0. The number of benzene rings is 1. The molecule has 2 N–H and O–H groups in total. The molecule has 0 fully saturated rings. The van der Waals surface area contributed by atoms with Gasteiger partial charge in [0, 0.05) is 18.6 Å². The average Bonchev–Trinajstić information content (AvgIpc) is 3.06. The van der Waals surface area contributed by atoms with Gasteiger partial charge in [0.05, 0.1) is 23.5 Å². The van der Waals surface area contributed by atoms with Crippen molar-refractivity contribution >= 4 is 28.4 Å². The number of aromatic nitrogens is 4. The van der Waals surface area contributed by atoms with Gasteiger partial charge in [0.15, 0.2) is 0 Å². The zero-order valence-electron chi connectivity index (χ0n) is 14.8. The molecule has 0 amide bonds. The minimum Gasteiger partial charge on any atom is -0.372 e.